The van der Waals surface area contributed by atoms with Gasteiger partial charge in [-0.1, -0.05) is 0 Å². The third-order valence-corrected chi connectivity index (χ3v) is 11.3. The number of hydrogen-bond donors (Lipinski definition) is 1. The van der Waals surface area contributed by atoms with E-state index in [9.17, 15) is 41.2 Å². The first-order chi connectivity index (χ1) is 19.1. The monoisotopic (exact) mass is 602 g/mol. The van der Waals surface area contributed by atoms with Crippen molar-refractivity contribution in [2.75, 3.05) is 13.2 Å². The Balaban J connectivity index is 1.14. The quantitative estimate of drug-likeness (QED) is 0.234. The normalized spacial score (nSPS) is 39.5. The van der Waals surface area contributed by atoms with Gasteiger partial charge in [-0.3, -0.25) is 23.7 Å². The second kappa shape index (κ2) is 9.51. The van der Waals surface area contributed by atoms with Gasteiger partial charge in [0.25, 0.3) is 0 Å². The van der Waals surface area contributed by atoms with Crippen LogP contribution in [0.15, 0.2) is 0 Å². The molecule has 8 aliphatic carbocycles. The van der Waals surface area contributed by atoms with Crippen LogP contribution in [0.25, 0.3) is 0 Å². The first-order valence-electron chi connectivity index (χ1n) is 14.1. The molecule has 11 nitrogen and oxygen atoms in total. The van der Waals surface area contributed by atoms with Crippen LogP contribution in [0.2, 0.25) is 0 Å². The van der Waals surface area contributed by atoms with Crippen LogP contribution < -0.4 is 0 Å². The fourth-order valence-electron chi connectivity index (χ4n) is 9.08. The van der Waals surface area contributed by atoms with Crippen LogP contribution in [0.4, 0.5) is 8.78 Å². The molecular weight excluding hydrogens is 570 g/mol. The Hall–Kier alpha value is -2.48. The fraction of sp³-hybridized carbons (Fsp3) is 0.815. The summed E-state index contributed by atoms with van der Waals surface area (Å²) in [7, 11) is -6.17. The van der Waals surface area contributed by atoms with Crippen molar-refractivity contribution in [3.05, 3.63) is 0 Å². The molecule has 8 saturated carbocycles. The predicted octanol–water partition coefficient (Wildman–Crippen LogP) is 2.26. The number of alkyl halides is 2. The number of carbonyl (C=O) groups excluding carboxylic acids is 5. The van der Waals surface area contributed by atoms with Gasteiger partial charge >= 0.3 is 33.3 Å². The molecule has 8 fully saturated rings. The first kappa shape index (κ1) is 28.6. The number of halogens is 2. The highest BCUT2D eigenvalue weighted by Gasteiger charge is 2.61. The largest absolute Gasteiger partial charge is 0.465 e. The molecule has 0 radical (unpaired) electrons. The van der Waals surface area contributed by atoms with E-state index >= 15 is 0 Å². The van der Waals surface area contributed by atoms with Gasteiger partial charge in [0.2, 0.25) is 0 Å². The highest BCUT2D eigenvalue weighted by Crippen LogP contribution is 2.60. The summed E-state index contributed by atoms with van der Waals surface area (Å²) in [6.07, 6.45) is 3.30. The maximum Gasteiger partial charge on any atom is 0.465 e. The van der Waals surface area contributed by atoms with Gasteiger partial charge in [-0.15, -0.1) is 0 Å². The zero-order valence-electron chi connectivity index (χ0n) is 22.2. The highest BCUT2D eigenvalue weighted by atomic mass is 32.2. The fourth-order valence-corrected chi connectivity index (χ4v) is 9.34. The van der Waals surface area contributed by atoms with Crippen molar-refractivity contribution in [2.24, 2.45) is 46.3 Å². The molecule has 226 valence electrons. The molecular formula is C27H32F2O11S. The third-order valence-electron chi connectivity index (χ3n) is 10.5. The third kappa shape index (κ3) is 4.68. The number of rotatable bonds is 9. The zero-order chi connectivity index (χ0) is 29.5. The molecule has 4 unspecified atom stereocenters. The lowest BCUT2D eigenvalue weighted by Crippen LogP contribution is -2.55. The Bertz CT molecular complexity index is 1200. The van der Waals surface area contributed by atoms with E-state index in [1.54, 1.807) is 0 Å². The Morgan fingerprint density at radius 3 is 1.49 bits per heavy atom. The molecule has 0 saturated heterocycles. The molecule has 0 aromatic rings. The molecule has 1 N–H and O–H groups in total. The average Bonchev–Trinajstić information content (AvgIpc) is 2.89. The standard InChI is InChI=1S/C27H32F2O11S/c28-27(29,41(35,36)37)24(34)40-19(11-38-22(32)25-5-13-1-15(7-25)20(30)16(2-13)8-25)12-39-23(33)26-6-14-3-17(9-26)21(31)18(4-14)10-26/h13-19H,1-12H2,(H,35,36,37). The van der Waals surface area contributed by atoms with E-state index in [1.807, 2.05) is 0 Å². The highest BCUT2D eigenvalue weighted by molar-refractivity contribution is 7.87. The first-order valence-corrected chi connectivity index (χ1v) is 15.5. The molecule has 0 aromatic heterocycles. The number of Topliss-reactive ketones (excluding diaryl/α,β-unsaturated/α-hetero) is 2. The molecule has 0 aliphatic heterocycles. The zero-order valence-corrected chi connectivity index (χ0v) is 23.0. The van der Waals surface area contributed by atoms with Gasteiger partial charge in [-0.25, -0.2) is 4.79 Å². The van der Waals surface area contributed by atoms with Crippen molar-refractivity contribution in [2.45, 2.75) is 75.6 Å². The molecule has 8 rings (SSSR count). The lowest BCUT2D eigenvalue weighted by atomic mass is 9.49. The van der Waals surface area contributed by atoms with Crippen LogP contribution in [0.5, 0.6) is 0 Å². The number of esters is 3. The van der Waals surface area contributed by atoms with Crippen LogP contribution >= 0.6 is 0 Å². The molecule has 0 aromatic carbocycles. The molecule has 0 amide bonds. The summed E-state index contributed by atoms with van der Waals surface area (Å²) < 4.78 is 74.3. The van der Waals surface area contributed by atoms with E-state index in [2.05, 4.69) is 4.74 Å². The van der Waals surface area contributed by atoms with Gasteiger partial charge in [0, 0.05) is 23.7 Å². The van der Waals surface area contributed by atoms with Crippen molar-refractivity contribution in [3.8, 4) is 0 Å². The van der Waals surface area contributed by atoms with Crippen molar-refractivity contribution >= 4 is 39.6 Å². The summed E-state index contributed by atoms with van der Waals surface area (Å²) in [5.74, 6) is -4.31. The van der Waals surface area contributed by atoms with E-state index in [4.69, 9.17) is 14.0 Å². The van der Waals surface area contributed by atoms with Gasteiger partial charge in [0.1, 0.15) is 24.8 Å². The Morgan fingerprint density at radius 1 is 0.780 bits per heavy atom. The van der Waals surface area contributed by atoms with Gasteiger partial charge in [0.15, 0.2) is 6.10 Å². The molecule has 8 aliphatic rings. The summed E-state index contributed by atoms with van der Waals surface area (Å²) in [6, 6.07) is 0. The van der Waals surface area contributed by atoms with E-state index in [1.165, 1.54) is 0 Å². The number of ketones is 2. The van der Waals surface area contributed by atoms with E-state index in [0.29, 0.717) is 64.2 Å². The van der Waals surface area contributed by atoms with Gasteiger partial charge in [-0.2, -0.15) is 17.2 Å². The molecule has 0 spiro atoms. The number of hydrogen-bond acceptors (Lipinski definition) is 10. The summed E-state index contributed by atoms with van der Waals surface area (Å²) >= 11 is 0. The van der Waals surface area contributed by atoms with E-state index < -0.39 is 63.4 Å². The summed E-state index contributed by atoms with van der Waals surface area (Å²) in [6.45, 7) is -1.62. The molecule has 14 heteroatoms. The van der Waals surface area contributed by atoms with Crippen molar-refractivity contribution in [1.82, 2.24) is 0 Å². The molecule has 8 bridgehead atoms. The molecule has 41 heavy (non-hydrogen) atoms. The SMILES string of the molecule is O=C1C2CC3CC1CC(C(=O)OCC(COC(=O)C14CC5CC(C1)C(=O)C(C5)C4)OC(=O)C(F)(F)S(=O)(=O)O)(C3)C2. The van der Waals surface area contributed by atoms with Crippen molar-refractivity contribution < 1.29 is 59.9 Å². The second-order valence-electron chi connectivity index (χ2n) is 13.3. The smallest absolute Gasteiger partial charge is 0.461 e. The van der Waals surface area contributed by atoms with E-state index in [-0.39, 0.29) is 47.1 Å². The lowest BCUT2D eigenvalue weighted by Gasteiger charge is -2.54. The Morgan fingerprint density at radius 2 is 1.15 bits per heavy atom. The minimum absolute atomic E-state index is 0.141. The maximum absolute atomic E-state index is 14.0. The topological polar surface area (TPSA) is 167 Å². The predicted molar refractivity (Wildman–Crippen MR) is 130 cm³/mol. The lowest BCUT2D eigenvalue weighted by molar-refractivity contribution is -0.190. The summed E-state index contributed by atoms with van der Waals surface area (Å²) in [5, 5.41) is -5.31. The van der Waals surface area contributed by atoms with Crippen LogP contribution in [0.1, 0.15) is 64.2 Å². The van der Waals surface area contributed by atoms with Crippen molar-refractivity contribution in [3.63, 3.8) is 0 Å². The maximum atomic E-state index is 14.0. The van der Waals surface area contributed by atoms with Crippen LogP contribution in [0.3, 0.4) is 0 Å². The Labute approximate surface area is 234 Å². The number of ether oxygens (including phenoxy) is 3. The van der Waals surface area contributed by atoms with Gasteiger partial charge < -0.3 is 14.2 Å². The second-order valence-corrected chi connectivity index (χ2v) is 14.7. The molecule has 0 heterocycles. The van der Waals surface area contributed by atoms with E-state index in [0.717, 1.165) is 0 Å². The average molecular weight is 603 g/mol. The summed E-state index contributed by atoms with van der Waals surface area (Å²) in [5.41, 5.74) is -1.86. The Kier molecular flexibility index (Phi) is 6.64. The number of carbonyl (C=O) groups is 5. The summed E-state index contributed by atoms with van der Waals surface area (Å²) in [4.78, 5) is 63.5. The van der Waals surface area contributed by atoms with Crippen LogP contribution in [-0.2, 0) is 48.3 Å². The minimum Gasteiger partial charge on any atom is -0.461 e. The minimum atomic E-state index is -6.17. The van der Waals surface area contributed by atoms with Gasteiger partial charge in [0.05, 0.1) is 10.8 Å². The van der Waals surface area contributed by atoms with Crippen molar-refractivity contribution in [1.29, 1.82) is 0 Å². The van der Waals surface area contributed by atoms with Crippen LogP contribution in [0, 0.1) is 46.3 Å². The van der Waals surface area contributed by atoms with Crippen LogP contribution in [-0.4, -0.2) is 67.0 Å². The molecule has 4 atom stereocenters. The van der Waals surface area contributed by atoms with Gasteiger partial charge in [-0.05, 0) is 76.0 Å².